The van der Waals surface area contributed by atoms with Gasteiger partial charge in [0.15, 0.2) is 11.6 Å². The molecule has 0 aromatic heterocycles. The molecular formula is C13H15F2NO3. The van der Waals surface area contributed by atoms with Crippen LogP contribution in [0.1, 0.15) is 25.3 Å². The summed E-state index contributed by atoms with van der Waals surface area (Å²) in [5.74, 6) is -2.68. The maximum Gasteiger partial charge on any atom is 0.306 e. The van der Waals surface area contributed by atoms with Crippen LogP contribution in [-0.4, -0.2) is 18.5 Å². The van der Waals surface area contributed by atoms with E-state index in [0.717, 1.165) is 12.1 Å². The second kappa shape index (κ2) is 7.45. The fourth-order valence-corrected chi connectivity index (χ4v) is 1.39. The Morgan fingerprint density at radius 3 is 2.58 bits per heavy atom. The maximum absolute atomic E-state index is 12.9. The van der Waals surface area contributed by atoms with Crippen molar-refractivity contribution in [1.82, 2.24) is 5.32 Å². The number of hydrogen-bond donors (Lipinski definition) is 1. The summed E-state index contributed by atoms with van der Waals surface area (Å²) in [6, 6.07) is 3.39. The molecule has 0 spiro atoms. The highest BCUT2D eigenvalue weighted by molar-refractivity contribution is 5.81. The first-order valence-electron chi connectivity index (χ1n) is 5.89. The molecule has 1 aromatic carbocycles. The van der Waals surface area contributed by atoms with E-state index in [0.29, 0.717) is 5.56 Å². The van der Waals surface area contributed by atoms with Gasteiger partial charge in [-0.05, 0) is 24.6 Å². The normalized spacial score (nSPS) is 10.1. The highest BCUT2D eigenvalue weighted by Gasteiger charge is 2.08. The van der Waals surface area contributed by atoms with Gasteiger partial charge in [0.2, 0.25) is 5.91 Å². The summed E-state index contributed by atoms with van der Waals surface area (Å²) in [6.07, 6.45) is -0.0000373. The lowest BCUT2D eigenvalue weighted by Gasteiger charge is -2.05. The van der Waals surface area contributed by atoms with E-state index in [1.54, 1.807) is 6.92 Å². The molecular weight excluding hydrogens is 256 g/mol. The average molecular weight is 271 g/mol. The Balaban J connectivity index is 2.33. The molecule has 0 saturated heterocycles. The first-order chi connectivity index (χ1) is 9.02. The summed E-state index contributed by atoms with van der Waals surface area (Å²) in [6.45, 7) is 2.04. The van der Waals surface area contributed by atoms with Gasteiger partial charge in [0.25, 0.3) is 0 Å². The summed E-state index contributed by atoms with van der Waals surface area (Å²) < 4.78 is 30.2. The van der Waals surface area contributed by atoms with E-state index in [9.17, 15) is 18.4 Å². The number of rotatable bonds is 6. The van der Waals surface area contributed by atoms with E-state index in [2.05, 4.69) is 10.1 Å². The van der Waals surface area contributed by atoms with Crippen molar-refractivity contribution in [3.05, 3.63) is 35.4 Å². The smallest absolute Gasteiger partial charge is 0.306 e. The van der Waals surface area contributed by atoms with Gasteiger partial charge in [-0.2, -0.15) is 0 Å². The van der Waals surface area contributed by atoms with Crippen LogP contribution in [0.15, 0.2) is 18.2 Å². The standard InChI is InChI=1S/C13H15F2NO3/c1-2-19-13(18)6-5-12(17)16-8-9-3-4-10(14)11(15)7-9/h3-4,7H,2,5-6,8H2,1H3,(H,16,17). The van der Waals surface area contributed by atoms with Gasteiger partial charge in [0, 0.05) is 13.0 Å². The van der Waals surface area contributed by atoms with Gasteiger partial charge in [0.05, 0.1) is 13.0 Å². The average Bonchev–Trinajstić information content (AvgIpc) is 2.38. The van der Waals surface area contributed by atoms with Crippen LogP contribution in [0.25, 0.3) is 0 Å². The predicted octanol–water partition coefficient (Wildman–Crippen LogP) is 1.92. The number of amides is 1. The van der Waals surface area contributed by atoms with Gasteiger partial charge in [-0.15, -0.1) is 0 Å². The summed E-state index contributed by atoms with van der Waals surface area (Å²) in [7, 11) is 0. The number of nitrogens with one attached hydrogen (secondary N) is 1. The number of halogens is 2. The fourth-order valence-electron chi connectivity index (χ4n) is 1.39. The van der Waals surface area contributed by atoms with Gasteiger partial charge in [0.1, 0.15) is 0 Å². The molecule has 19 heavy (non-hydrogen) atoms. The Morgan fingerprint density at radius 1 is 1.21 bits per heavy atom. The van der Waals surface area contributed by atoms with E-state index >= 15 is 0 Å². The molecule has 1 aromatic rings. The monoisotopic (exact) mass is 271 g/mol. The lowest BCUT2D eigenvalue weighted by atomic mass is 10.2. The van der Waals surface area contributed by atoms with Gasteiger partial charge in [-0.3, -0.25) is 9.59 Å². The first-order valence-corrected chi connectivity index (χ1v) is 5.89. The number of esters is 1. The van der Waals surface area contributed by atoms with Gasteiger partial charge < -0.3 is 10.1 Å². The summed E-state index contributed by atoms with van der Waals surface area (Å²) in [4.78, 5) is 22.4. The predicted molar refractivity (Wildman–Crippen MR) is 64.1 cm³/mol. The van der Waals surface area contributed by atoms with Gasteiger partial charge >= 0.3 is 5.97 Å². The molecule has 104 valence electrons. The highest BCUT2D eigenvalue weighted by atomic mass is 19.2. The van der Waals surface area contributed by atoms with E-state index < -0.39 is 17.6 Å². The molecule has 0 saturated carbocycles. The molecule has 0 fully saturated rings. The summed E-state index contributed by atoms with van der Waals surface area (Å²) in [5, 5.41) is 2.51. The minimum absolute atomic E-state index is 0.00249. The molecule has 6 heteroatoms. The molecule has 0 radical (unpaired) electrons. The Hall–Kier alpha value is -1.98. The van der Waals surface area contributed by atoms with Crippen LogP contribution in [0, 0.1) is 11.6 Å². The lowest BCUT2D eigenvalue weighted by Crippen LogP contribution is -2.23. The molecule has 0 unspecified atom stereocenters. The van der Waals surface area contributed by atoms with Crippen LogP contribution in [0.2, 0.25) is 0 Å². The second-order valence-corrected chi connectivity index (χ2v) is 3.83. The minimum Gasteiger partial charge on any atom is -0.466 e. The third kappa shape index (κ3) is 5.46. The van der Waals surface area contributed by atoms with Crippen LogP contribution in [-0.2, 0) is 20.9 Å². The van der Waals surface area contributed by atoms with Crippen molar-refractivity contribution in [2.75, 3.05) is 6.61 Å². The SMILES string of the molecule is CCOC(=O)CCC(=O)NCc1ccc(F)c(F)c1. The quantitative estimate of drug-likeness (QED) is 0.804. The number of carbonyl (C=O) groups excluding carboxylic acids is 2. The molecule has 0 aliphatic heterocycles. The third-order valence-corrected chi connectivity index (χ3v) is 2.34. The van der Waals surface area contributed by atoms with Crippen molar-refractivity contribution in [3.8, 4) is 0 Å². The second-order valence-electron chi connectivity index (χ2n) is 3.83. The third-order valence-electron chi connectivity index (χ3n) is 2.34. The molecule has 1 amide bonds. The number of benzene rings is 1. The van der Waals surface area contributed by atoms with Crippen LogP contribution < -0.4 is 5.32 Å². The topological polar surface area (TPSA) is 55.4 Å². The van der Waals surface area contributed by atoms with Crippen LogP contribution in [0.4, 0.5) is 8.78 Å². The Kier molecular flexibility index (Phi) is 5.92. The maximum atomic E-state index is 12.9. The zero-order valence-corrected chi connectivity index (χ0v) is 10.5. The van der Waals surface area contributed by atoms with Gasteiger partial charge in [-0.1, -0.05) is 6.07 Å². The molecule has 1 rings (SSSR count). The van der Waals surface area contributed by atoms with Crippen LogP contribution >= 0.6 is 0 Å². The van der Waals surface area contributed by atoms with Gasteiger partial charge in [-0.25, -0.2) is 8.78 Å². The van der Waals surface area contributed by atoms with Crippen molar-refractivity contribution in [3.63, 3.8) is 0 Å². The molecule has 4 nitrogen and oxygen atoms in total. The van der Waals surface area contributed by atoms with Crippen molar-refractivity contribution in [2.24, 2.45) is 0 Å². The Bertz CT molecular complexity index is 463. The number of carbonyl (C=O) groups is 2. The zero-order valence-electron chi connectivity index (χ0n) is 10.5. The number of ether oxygens (including phenoxy) is 1. The van der Waals surface area contributed by atoms with Crippen LogP contribution in [0.3, 0.4) is 0 Å². The highest BCUT2D eigenvalue weighted by Crippen LogP contribution is 2.08. The van der Waals surface area contributed by atoms with E-state index in [1.165, 1.54) is 6.07 Å². The fraction of sp³-hybridized carbons (Fsp3) is 0.385. The molecule has 0 bridgehead atoms. The van der Waals surface area contributed by atoms with Crippen molar-refractivity contribution in [1.29, 1.82) is 0 Å². The largest absolute Gasteiger partial charge is 0.466 e. The molecule has 0 atom stereocenters. The summed E-state index contributed by atoms with van der Waals surface area (Å²) >= 11 is 0. The minimum atomic E-state index is -0.960. The zero-order chi connectivity index (χ0) is 14.3. The lowest BCUT2D eigenvalue weighted by molar-refractivity contribution is -0.144. The van der Waals surface area contributed by atoms with Crippen molar-refractivity contribution >= 4 is 11.9 Å². The van der Waals surface area contributed by atoms with E-state index in [4.69, 9.17) is 0 Å². The summed E-state index contributed by atoms with van der Waals surface area (Å²) in [5.41, 5.74) is 0.448. The first kappa shape index (κ1) is 15.1. The Labute approximate surface area is 109 Å². The van der Waals surface area contributed by atoms with Crippen molar-refractivity contribution in [2.45, 2.75) is 26.3 Å². The van der Waals surface area contributed by atoms with E-state index in [-0.39, 0.29) is 31.9 Å². The van der Waals surface area contributed by atoms with Crippen molar-refractivity contribution < 1.29 is 23.1 Å². The Morgan fingerprint density at radius 2 is 1.95 bits per heavy atom. The van der Waals surface area contributed by atoms with Crippen LogP contribution in [0.5, 0.6) is 0 Å². The number of hydrogen-bond acceptors (Lipinski definition) is 3. The molecule has 1 N–H and O–H groups in total. The molecule has 0 aliphatic carbocycles. The molecule has 0 heterocycles. The molecule has 0 aliphatic rings. The van der Waals surface area contributed by atoms with E-state index in [1.807, 2.05) is 0 Å².